The summed E-state index contributed by atoms with van der Waals surface area (Å²) in [6, 6.07) is 0. The summed E-state index contributed by atoms with van der Waals surface area (Å²) in [5.74, 6) is 0. The molecule has 3 N–H and O–H groups in total. The van der Waals surface area contributed by atoms with E-state index < -0.39 is 11.6 Å². The first-order valence-electron chi connectivity index (χ1n) is 3.40. The van der Waals surface area contributed by atoms with E-state index in [9.17, 15) is 4.79 Å². The number of carboxylic acid groups (broad SMARTS) is 1. The molecule has 0 radical (unpaired) electrons. The van der Waals surface area contributed by atoms with Crippen molar-refractivity contribution in [3.05, 3.63) is 11.9 Å². The van der Waals surface area contributed by atoms with E-state index in [-0.39, 0.29) is 0 Å². The van der Waals surface area contributed by atoms with Crippen LogP contribution >= 0.6 is 0 Å². The number of hydrogen-bond acceptors (Lipinski definition) is 3. The smallest absolute Gasteiger partial charge is 0.405 e. The third-order valence-electron chi connectivity index (χ3n) is 1.48. The first kappa shape index (κ1) is 8.51. The molecule has 12 heavy (non-hydrogen) atoms. The summed E-state index contributed by atoms with van der Waals surface area (Å²) in [5, 5.41) is 20.5. The van der Waals surface area contributed by atoms with E-state index in [2.05, 4.69) is 20.7 Å². The quantitative estimate of drug-likeness (QED) is 0.595. The van der Waals surface area contributed by atoms with Crippen molar-refractivity contribution in [2.45, 2.75) is 19.4 Å². The van der Waals surface area contributed by atoms with Crippen molar-refractivity contribution in [1.29, 1.82) is 0 Å². The van der Waals surface area contributed by atoms with E-state index in [1.54, 1.807) is 20.0 Å². The molecule has 0 saturated heterocycles. The Hall–Kier alpha value is -1.59. The Morgan fingerprint density at radius 3 is 2.83 bits per heavy atom. The van der Waals surface area contributed by atoms with E-state index >= 15 is 0 Å². The summed E-state index contributed by atoms with van der Waals surface area (Å²) < 4.78 is 0. The number of hydrogen-bond donors (Lipinski definition) is 3. The highest BCUT2D eigenvalue weighted by Gasteiger charge is 2.24. The molecule has 6 nitrogen and oxygen atoms in total. The van der Waals surface area contributed by atoms with Gasteiger partial charge in [-0.3, -0.25) is 5.10 Å². The zero-order valence-electron chi connectivity index (χ0n) is 6.83. The topological polar surface area (TPSA) is 90.9 Å². The highest BCUT2D eigenvalue weighted by atomic mass is 16.4. The Morgan fingerprint density at radius 2 is 2.42 bits per heavy atom. The average molecular weight is 170 g/mol. The number of nitrogens with one attached hydrogen (secondary N) is 2. The largest absolute Gasteiger partial charge is 0.465 e. The van der Waals surface area contributed by atoms with Gasteiger partial charge in [0.1, 0.15) is 5.69 Å². The maximum atomic E-state index is 10.3. The van der Waals surface area contributed by atoms with Crippen LogP contribution in [0.4, 0.5) is 4.79 Å². The number of nitrogens with zero attached hydrogens (tertiary/aromatic N) is 2. The zero-order chi connectivity index (χ0) is 9.19. The predicted molar refractivity (Wildman–Crippen MR) is 40.6 cm³/mol. The van der Waals surface area contributed by atoms with Crippen molar-refractivity contribution in [2.24, 2.45) is 0 Å². The highest BCUT2D eigenvalue weighted by Crippen LogP contribution is 2.15. The van der Waals surface area contributed by atoms with Crippen molar-refractivity contribution in [3.8, 4) is 0 Å². The van der Waals surface area contributed by atoms with Crippen molar-refractivity contribution >= 4 is 6.09 Å². The Balaban J connectivity index is 2.79. The molecule has 1 heterocycles. The maximum absolute atomic E-state index is 10.3. The van der Waals surface area contributed by atoms with Gasteiger partial charge in [-0.15, -0.1) is 5.10 Å². The maximum Gasteiger partial charge on any atom is 0.405 e. The van der Waals surface area contributed by atoms with Gasteiger partial charge >= 0.3 is 6.09 Å². The summed E-state index contributed by atoms with van der Waals surface area (Å²) >= 11 is 0. The summed E-state index contributed by atoms with van der Waals surface area (Å²) in [6.45, 7) is 3.41. The van der Waals surface area contributed by atoms with Crippen LogP contribution < -0.4 is 5.32 Å². The molecule has 0 aliphatic rings. The van der Waals surface area contributed by atoms with Crippen LogP contribution in [0.25, 0.3) is 0 Å². The third kappa shape index (κ3) is 1.71. The fraction of sp³-hybridized carbons (Fsp3) is 0.500. The number of amides is 1. The molecule has 1 aromatic heterocycles. The van der Waals surface area contributed by atoms with E-state index in [1.807, 2.05) is 0 Å². The molecule has 66 valence electrons. The van der Waals surface area contributed by atoms with Gasteiger partial charge in [0.15, 0.2) is 0 Å². The van der Waals surface area contributed by atoms with Gasteiger partial charge in [-0.05, 0) is 13.8 Å². The van der Waals surface area contributed by atoms with E-state index in [0.29, 0.717) is 5.69 Å². The fourth-order valence-corrected chi connectivity index (χ4v) is 0.838. The van der Waals surface area contributed by atoms with Crippen LogP contribution in [0.5, 0.6) is 0 Å². The molecule has 0 aromatic carbocycles. The second-order valence-electron chi connectivity index (χ2n) is 2.91. The van der Waals surface area contributed by atoms with Crippen molar-refractivity contribution < 1.29 is 9.90 Å². The molecule has 1 aromatic rings. The number of carbonyl (C=O) groups is 1. The van der Waals surface area contributed by atoms with Crippen LogP contribution in [-0.2, 0) is 5.54 Å². The molecule has 6 heteroatoms. The Morgan fingerprint density at radius 1 is 1.75 bits per heavy atom. The van der Waals surface area contributed by atoms with Crippen molar-refractivity contribution in [1.82, 2.24) is 20.7 Å². The van der Waals surface area contributed by atoms with Gasteiger partial charge in [0, 0.05) is 6.20 Å². The highest BCUT2D eigenvalue weighted by molar-refractivity contribution is 5.65. The van der Waals surface area contributed by atoms with E-state index in [0.717, 1.165) is 0 Å². The molecule has 0 spiro atoms. The summed E-state index contributed by atoms with van der Waals surface area (Å²) in [4.78, 5) is 10.3. The van der Waals surface area contributed by atoms with Gasteiger partial charge in [0.05, 0.1) is 5.54 Å². The Labute approximate surface area is 69.0 Å². The van der Waals surface area contributed by atoms with Gasteiger partial charge in [-0.2, -0.15) is 0 Å². The minimum absolute atomic E-state index is 0.560. The molecule has 1 rings (SSSR count). The van der Waals surface area contributed by atoms with Crippen molar-refractivity contribution in [2.75, 3.05) is 0 Å². The lowest BCUT2D eigenvalue weighted by atomic mass is 10.0. The molecule has 0 saturated carbocycles. The summed E-state index contributed by atoms with van der Waals surface area (Å²) in [7, 11) is 0. The molecule has 0 atom stereocenters. The number of aromatic amines is 1. The van der Waals surface area contributed by atoms with Gasteiger partial charge in [0.25, 0.3) is 0 Å². The van der Waals surface area contributed by atoms with Crippen LogP contribution in [0.2, 0.25) is 0 Å². The lowest BCUT2D eigenvalue weighted by Gasteiger charge is -2.20. The molecule has 1 amide bonds. The standard InChI is InChI=1S/C6H10N4O2/c1-6(2,8-5(11)12)4-3-7-10-9-4/h3,8H,1-2H3,(H,11,12)(H,7,9,10). The normalized spacial score (nSPS) is 11.2. The monoisotopic (exact) mass is 170 g/mol. The van der Waals surface area contributed by atoms with Crippen LogP contribution in [0, 0.1) is 0 Å². The minimum atomic E-state index is -1.08. The van der Waals surface area contributed by atoms with Crippen LogP contribution in [0.3, 0.4) is 0 Å². The molecular formula is C6H10N4O2. The van der Waals surface area contributed by atoms with Gasteiger partial charge in [0.2, 0.25) is 0 Å². The fourth-order valence-electron chi connectivity index (χ4n) is 0.838. The summed E-state index contributed by atoms with van der Waals surface area (Å²) in [5.41, 5.74) is -0.149. The first-order chi connectivity index (χ1) is 5.52. The van der Waals surface area contributed by atoms with Crippen LogP contribution in [-0.4, -0.2) is 26.6 Å². The first-order valence-corrected chi connectivity index (χ1v) is 3.40. The zero-order valence-corrected chi connectivity index (χ0v) is 6.83. The van der Waals surface area contributed by atoms with E-state index in [4.69, 9.17) is 5.11 Å². The molecule has 0 bridgehead atoms. The molecular weight excluding hydrogens is 160 g/mol. The lowest BCUT2D eigenvalue weighted by Crippen LogP contribution is -2.40. The van der Waals surface area contributed by atoms with E-state index in [1.165, 1.54) is 0 Å². The molecule has 0 aliphatic carbocycles. The second kappa shape index (κ2) is 2.80. The predicted octanol–water partition coefficient (Wildman–Crippen LogP) is 0.307. The average Bonchev–Trinajstić information content (AvgIpc) is 2.32. The third-order valence-corrected chi connectivity index (χ3v) is 1.48. The number of H-pyrrole nitrogens is 1. The Kier molecular flexibility index (Phi) is 1.99. The van der Waals surface area contributed by atoms with Gasteiger partial charge in [-0.25, -0.2) is 4.79 Å². The van der Waals surface area contributed by atoms with Gasteiger partial charge in [-0.1, -0.05) is 5.21 Å². The van der Waals surface area contributed by atoms with Crippen molar-refractivity contribution in [3.63, 3.8) is 0 Å². The second-order valence-corrected chi connectivity index (χ2v) is 2.91. The molecule has 0 aliphatic heterocycles. The van der Waals surface area contributed by atoms with Crippen LogP contribution in [0.1, 0.15) is 19.5 Å². The minimum Gasteiger partial charge on any atom is -0.465 e. The van der Waals surface area contributed by atoms with Crippen LogP contribution in [0.15, 0.2) is 6.20 Å². The molecule has 0 unspecified atom stereocenters. The Bertz CT molecular complexity index is 267. The SMILES string of the molecule is CC(C)(NC(=O)O)c1c[nH]nn1. The van der Waals surface area contributed by atoms with Gasteiger partial charge < -0.3 is 10.4 Å². The molecule has 0 fully saturated rings. The lowest BCUT2D eigenvalue weighted by molar-refractivity contribution is 0.181. The summed E-state index contributed by atoms with van der Waals surface area (Å²) in [6.07, 6.45) is 0.471. The number of rotatable bonds is 2. The number of aromatic nitrogens is 3.